The van der Waals surface area contributed by atoms with Gasteiger partial charge < -0.3 is 20.7 Å². The molecule has 1 saturated heterocycles. The molecule has 0 radical (unpaired) electrons. The van der Waals surface area contributed by atoms with Crippen molar-refractivity contribution >= 4 is 5.91 Å². The number of amides is 1. The second kappa shape index (κ2) is 10.1. The van der Waals surface area contributed by atoms with E-state index in [-0.39, 0.29) is 23.9 Å². The second-order valence-corrected chi connectivity index (χ2v) is 6.05. The maximum atomic E-state index is 12.2. The van der Waals surface area contributed by atoms with E-state index >= 15 is 0 Å². The molecule has 2 atom stereocenters. The highest BCUT2D eigenvalue weighted by molar-refractivity contribution is 5.82. The van der Waals surface area contributed by atoms with Gasteiger partial charge in [0.15, 0.2) is 0 Å². The van der Waals surface area contributed by atoms with Crippen LogP contribution in [0.4, 0.5) is 0 Å². The molecule has 1 amide bonds. The van der Waals surface area contributed by atoms with Crippen LogP contribution >= 0.6 is 0 Å². The molecule has 1 heterocycles. The number of ether oxygens (including phenoxy) is 1. The van der Waals surface area contributed by atoms with Gasteiger partial charge in [-0.05, 0) is 58.2 Å². The standard InChI is InChI=1S/C16H33N3O2/c1-4-19(5-2)10-6-7-13(3)18-16(20)15(17)14-8-11-21-12-9-14/h13-15H,4-12,17H2,1-3H3,(H,18,20). The van der Waals surface area contributed by atoms with Gasteiger partial charge >= 0.3 is 0 Å². The Hall–Kier alpha value is -0.650. The van der Waals surface area contributed by atoms with E-state index in [1.165, 1.54) is 0 Å². The summed E-state index contributed by atoms with van der Waals surface area (Å²) in [5, 5.41) is 3.06. The SMILES string of the molecule is CCN(CC)CCCC(C)NC(=O)C(N)C1CCOCC1. The predicted octanol–water partition coefficient (Wildman–Crippen LogP) is 1.37. The monoisotopic (exact) mass is 299 g/mol. The minimum atomic E-state index is -0.390. The molecule has 5 nitrogen and oxygen atoms in total. The van der Waals surface area contributed by atoms with Crippen molar-refractivity contribution < 1.29 is 9.53 Å². The van der Waals surface area contributed by atoms with Crippen LogP contribution in [0.5, 0.6) is 0 Å². The summed E-state index contributed by atoms with van der Waals surface area (Å²) in [6.07, 6.45) is 3.90. The Balaban J connectivity index is 2.23. The average molecular weight is 299 g/mol. The third-order valence-corrected chi connectivity index (χ3v) is 4.47. The molecule has 0 aromatic heterocycles. The van der Waals surface area contributed by atoms with Crippen LogP contribution in [0.2, 0.25) is 0 Å². The summed E-state index contributed by atoms with van der Waals surface area (Å²) in [7, 11) is 0. The van der Waals surface area contributed by atoms with Crippen molar-refractivity contribution in [1.82, 2.24) is 10.2 Å². The quantitative estimate of drug-likeness (QED) is 0.675. The zero-order valence-corrected chi connectivity index (χ0v) is 13.9. The summed E-state index contributed by atoms with van der Waals surface area (Å²) in [4.78, 5) is 14.6. The normalized spacial score (nSPS) is 19.5. The number of rotatable bonds is 9. The third kappa shape index (κ3) is 6.76. The van der Waals surface area contributed by atoms with E-state index in [0.717, 1.165) is 58.5 Å². The van der Waals surface area contributed by atoms with Crippen LogP contribution < -0.4 is 11.1 Å². The molecule has 1 fully saturated rings. The van der Waals surface area contributed by atoms with Crippen LogP contribution in [-0.4, -0.2) is 55.7 Å². The summed E-state index contributed by atoms with van der Waals surface area (Å²) in [6.45, 7) is 11.2. The zero-order chi connectivity index (χ0) is 15.7. The van der Waals surface area contributed by atoms with E-state index in [4.69, 9.17) is 10.5 Å². The molecule has 0 aromatic rings. The number of hydrogen-bond acceptors (Lipinski definition) is 4. The van der Waals surface area contributed by atoms with Crippen molar-refractivity contribution in [3.63, 3.8) is 0 Å². The van der Waals surface area contributed by atoms with E-state index in [1.807, 2.05) is 0 Å². The van der Waals surface area contributed by atoms with Gasteiger partial charge in [-0.15, -0.1) is 0 Å². The Bertz CT molecular complexity index is 289. The first-order valence-corrected chi connectivity index (χ1v) is 8.44. The minimum Gasteiger partial charge on any atom is -0.381 e. The van der Waals surface area contributed by atoms with Gasteiger partial charge in [-0.25, -0.2) is 0 Å². The van der Waals surface area contributed by atoms with Crippen LogP contribution in [-0.2, 0) is 9.53 Å². The summed E-state index contributed by atoms with van der Waals surface area (Å²) in [5.41, 5.74) is 6.08. The number of carbonyl (C=O) groups excluding carboxylic acids is 1. The Labute approximate surface area is 129 Å². The van der Waals surface area contributed by atoms with Crippen LogP contribution in [0, 0.1) is 5.92 Å². The Kier molecular flexibility index (Phi) is 8.88. The van der Waals surface area contributed by atoms with Crippen LogP contribution in [0.15, 0.2) is 0 Å². The first-order valence-electron chi connectivity index (χ1n) is 8.44. The van der Waals surface area contributed by atoms with Gasteiger partial charge in [0.1, 0.15) is 0 Å². The minimum absolute atomic E-state index is 0.00256. The molecular formula is C16H33N3O2. The summed E-state index contributed by atoms with van der Waals surface area (Å²) < 4.78 is 5.32. The highest BCUT2D eigenvalue weighted by Gasteiger charge is 2.27. The Morgan fingerprint density at radius 2 is 1.95 bits per heavy atom. The van der Waals surface area contributed by atoms with Crippen molar-refractivity contribution in [1.29, 1.82) is 0 Å². The lowest BCUT2D eigenvalue weighted by Crippen LogP contribution is -2.49. The maximum Gasteiger partial charge on any atom is 0.237 e. The number of nitrogens with one attached hydrogen (secondary N) is 1. The molecule has 0 bridgehead atoms. The largest absolute Gasteiger partial charge is 0.381 e. The van der Waals surface area contributed by atoms with Gasteiger partial charge in [-0.1, -0.05) is 13.8 Å². The molecule has 3 N–H and O–H groups in total. The molecule has 124 valence electrons. The average Bonchev–Trinajstić information content (AvgIpc) is 2.51. The van der Waals surface area contributed by atoms with Gasteiger partial charge in [0.2, 0.25) is 5.91 Å². The van der Waals surface area contributed by atoms with Crippen LogP contribution in [0.3, 0.4) is 0 Å². The highest BCUT2D eigenvalue weighted by atomic mass is 16.5. The lowest BCUT2D eigenvalue weighted by atomic mass is 9.91. The van der Waals surface area contributed by atoms with Gasteiger partial charge in [-0.3, -0.25) is 4.79 Å². The topological polar surface area (TPSA) is 67.6 Å². The third-order valence-electron chi connectivity index (χ3n) is 4.47. The van der Waals surface area contributed by atoms with E-state index in [0.29, 0.717) is 0 Å². The van der Waals surface area contributed by atoms with Crippen LogP contribution in [0.1, 0.15) is 46.5 Å². The van der Waals surface area contributed by atoms with Gasteiger partial charge in [0.05, 0.1) is 6.04 Å². The lowest BCUT2D eigenvalue weighted by molar-refractivity contribution is -0.125. The van der Waals surface area contributed by atoms with E-state index in [1.54, 1.807) is 0 Å². The van der Waals surface area contributed by atoms with E-state index in [2.05, 4.69) is 31.0 Å². The molecule has 1 aliphatic rings. The molecular weight excluding hydrogens is 266 g/mol. The fourth-order valence-corrected chi connectivity index (χ4v) is 2.86. The van der Waals surface area contributed by atoms with Crippen LogP contribution in [0.25, 0.3) is 0 Å². The fraction of sp³-hybridized carbons (Fsp3) is 0.938. The highest BCUT2D eigenvalue weighted by Crippen LogP contribution is 2.17. The molecule has 1 aliphatic heterocycles. The maximum absolute atomic E-state index is 12.2. The Morgan fingerprint density at radius 3 is 2.52 bits per heavy atom. The van der Waals surface area contributed by atoms with Crippen molar-refractivity contribution in [2.24, 2.45) is 11.7 Å². The summed E-state index contributed by atoms with van der Waals surface area (Å²) >= 11 is 0. The van der Waals surface area contributed by atoms with Gasteiger partial charge in [-0.2, -0.15) is 0 Å². The zero-order valence-electron chi connectivity index (χ0n) is 13.9. The van der Waals surface area contributed by atoms with Crippen molar-refractivity contribution in [3.05, 3.63) is 0 Å². The van der Waals surface area contributed by atoms with Gasteiger partial charge in [0.25, 0.3) is 0 Å². The second-order valence-electron chi connectivity index (χ2n) is 6.05. The molecule has 1 rings (SSSR count). The van der Waals surface area contributed by atoms with E-state index < -0.39 is 0 Å². The molecule has 2 unspecified atom stereocenters. The number of nitrogens with zero attached hydrogens (tertiary/aromatic N) is 1. The molecule has 0 aromatic carbocycles. The molecule has 5 heteroatoms. The van der Waals surface area contributed by atoms with Crippen molar-refractivity contribution in [3.8, 4) is 0 Å². The van der Waals surface area contributed by atoms with Gasteiger partial charge in [0, 0.05) is 19.3 Å². The van der Waals surface area contributed by atoms with Crippen molar-refractivity contribution in [2.45, 2.75) is 58.5 Å². The molecule has 0 aliphatic carbocycles. The molecule has 21 heavy (non-hydrogen) atoms. The summed E-state index contributed by atoms with van der Waals surface area (Å²) in [6, 6.07) is -0.196. The fourth-order valence-electron chi connectivity index (χ4n) is 2.86. The molecule has 0 saturated carbocycles. The molecule has 0 spiro atoms. The Morgan fingerprint density at radius 1 is 1.33 bits per heavy atom. The summed E-state index contributed by atoms with van der Waals surface area (Å²) in [5.74, 6) is 0.263. The number of hydrogen-bond donors (Lipinski definition) is 2. The number of carbonyl (C=O) groups is 1. The predicted molar refractivity (Wildman–Crippen MR) is 86.1 cm³/mol. The lowest BCUT2D eigenvalue weighted by Gasteiger charge is -2.28. The first-order chi connectivity index (χ1) is 10.1. The van der Waals surface area contributed by atoms with Crippen molar-refractivity contribution in [2.75, 3.05) is 32.8 Å². The smallest absolute Gasteiger partial charge is 0.237 e. The number of nitrogens with two attached hydrogens (primary N) is 1. The first kappa shape index (κ1) is 18.4. The van der Waals surface area contributed by atoms with E-state index in [9.17, 15) is 4.79 Å².